The summed E-state index contributed by atoms with van der Waals surface area (Å²) in [7, 11) is 0. The van der Waals surface area contributed by atoms with Gasteiger partial charge in [-0.15, -0.1) is 24.7 Å². The number of aromatic carboxylic acids is 2. The van der Waals surface area contributed by atoms with Crippen LogP contribution < -0.4 is 9.47 Å². The minimum Gasteiger partial charge on any atom is -0.492 e. The number of ether oxygens (including phenoxy) is 4. The lowest BCUT2D eigenvalue weighted by Gasteiger charge is -2.22. The molecule has 432 valence electrons. The molecule has 0 atom stereocenters. The Bertz CT molecular complexity index is 3220. The Hall–Kier alpha value is -8.28. The summed E-state index contributed by atoms with van der Waals surface area (Å²) in [6.45, 7) is 23.3. The summed E-state index contributed by atoms with van der Waals surface area (Å²) in [5, 5.41) is 19.3. The molecular formula is C72H84O10. The first-order chi connectivity index (χ1) is 39.0. The molecule has 0 heterocycles. The van der Waals surface area contributed by atoms with Crippen LogP contribution in [0, 0.1) is 85.9 Å². The number of terminal acetylenes is 2. The van der Waals surface area contributed by atoms with Crippen molar-refractivity contribution in [3.8, 4) is 83.6 Å². The Morgan fingerprint density at radius 2 is 0.707 bits per heavy atom. The zero-order valence-corrected chi connectivity index (χ0v) is 50.7. The number of benzene rings is 4. The average molecular weight is 1110 g/mol. The minimum atomic E-state index is -1.22. The quantitative estimate of drug-likeness (QED) is 0.0395. The molecule has 10 heteroatoms. The van der Waals surface area contributed by atoms with E-state index in [1.807, 2.05) is 26.0 Å². The summed E-state index contributed by atoms with van der Waals surface area (Å²) >= 11 is 0. The summed E-state index contributed by atoms with van der Waals surface area (Å²) in [6, 6.07) is 12.9. The highest BCUT2D eigenvalue weighted by molar-refractivity contribution is 5.99. The number of esters is 2. The molecule has 10 nitrogen and oxygen atoms in total. The lowest BCUT2D eigenvalue weighted by Crippen LogP contribution is -2.26. The van der Waals surface area contributed by atoms with Crippen molar-refractivity contribution in [3.63, 3.8) is 0 Å². The van der Waals surface area contributed by atoms with Crippen molar-refractivity contribution in [2.24, 2.45) is 0 Å². The van der Waals surface area contributed by atoms with E-state index in [1.165, 1.54) is 89.2 Å². The monoisotopic (exact) mass is 1110 g/mol. The normalized spacial score (nSPS) is 10.5. The number of hydrogen-bond donors (Lipinski definition) is 2. The topological polar surface area (TPSA) is 146 Å². The number of carbonyl (C=O) groups excluding carboxylic acids is 2. The summed E-state index contributed by atoms with van der Waals surface area (Å²) in [5.74, 6) is 26.1. The van der Waals surface area contributed by atoms with Crippen LogP contribution in [0.15, 0.2) is 48.5 Å². The fourth-order valence-corrected chi connectivity index (χ4v) is 8.47. The molecule has 0 aliphatic rings. The van der Waals surface area contributed by atoms with Gasteiger partial charge in [-0.1, -0.05) is 151 Å². The molecule has 0 saturated heterocycles. The second-order valence-corrected chi connectivity index (χ2v) is 22.0. The second-order valence-electron chi connectivity index (χ2n) is 22.0. The van der Waals surface area contributed by atoms with Gasteiger partial charge < -0.3 is 29.2 Å². The molecule has 4 aromatic rings. The predicted octanol–water partition coefficient (Wildman–Crippen LogP) is 15.8. The molecule has 0 saturated carbocycles. The molecule has 0 spiro atoms. The van der Waals surface area contributed by atoms with E-state index in [-0.39, 0.29) is 33.4 Å². The molecule has 0 aromatic heterocycles. The van der Waals surface area contributed by atoms with Crippen molar-refractivity contribution >= 4 is 23.9 Å². The van der Waals surface area contributed by atoms with Gasteiger partial charge in [0.05, 0.1) is 46.6 Å². The lowest BCUT2D eigenvalue weighted by atomic mass is 9.97. The van der Waals surface area contributed by atoms with E-state index in [0.29, 0.717) is 52.5 Å². The van der Waals surface area contributed by atoms with Crippen LogP contribution in [-0.4, -0.2) is 58.5 Å². The van der Waals surface area contributed by atoms with Gasteiger partial charge in [0.2, 0.25) is 0 Å². The summed E-state index contributed by atoms with van der Waals surface area (Å²) < 4.78 is 23.6. The van der Waals surface area contributed by atoms with E-state index in [0.717, 1.165) is 42.4 Å². The fourth-order valence-electron chi connectivity index (χ4n) is 8.47. The molecule has 0 fully saturated rings. The second kappa shape index (κ2) is 34.8. The van der Waals surface area contributed by atoms with Gasteiger partial charge in [0.1, 0.15) is 22.7 Å². The SMILES string of the molecule is C#Cc1cc(OCCCCCCCCCC)c(C#Cc2cc(C(=O)O)c(C#CC)cc2C(=O)O)cc1C.C#Cc1cc(OCCCCCCCCCC)c(C#Cc2cc(C(=O)OC(C)(C)C)c(C#CC)cc2C(=O)OC(C)(C)C)cc1C. The molecule has 4 aromatic carbocycles. The number of carbonyl (C=O) groups is 4. The van der Waals surface area contributed by atoms with Crippen LogP contribution in [0.2, 0.25) is 0 Å². The number of carboxylic acid groups (broad SMARTS) is 2. The zero-order valence-electron chi connectivity index (χ0n) is 50.7. The zero-order chi connectivity index (χ0) is 60.8. The van der Waals surface area contributed by atoms with E-state index in [9.17, 15) is 29.4 Å². The van der Waals surface area contributed by atoms with Crippen LogP contribution in [0.4, 0.5) is 0 Å². The van der Waals surface area contributed by atoms with Gasteiger partial charge in [0.15, 0.2) is 0 Å². The number of unbranched alkanes of at least 4 members (excludes halogenated alkanes) is 14. The number of carboxylic acids is 2. The molecule has 0 aliphatic carbocycles. The Balaban J connectivity index is 0.000000438. The summed E-state index contributed by atoms with van der Waals surface area (Å²) in [4.78, 5) is 50.2. The maximum Gasteiger partial charge on any atom is 0.339 e. The Labute approximate surface area is 490 Å². The van der Waals surface area contributed by atoms with Crippen LogP contribution in [0.1, 0.15) is 269 Å². The van der Waals surface area contributed by atoms with Crippen LogP contribution in [0.25, 0.3) is 0 Å². The number of hydrogen-bond acceptors (Lipinski definition) is 8. The number of aryl methyl sites for hydroxylation is 2. The first-order valence-corrected chi connectivity index (χ1v) is 28.7. The molecule has 2 N–H and O–H groups in total. The first-order valence-electron chi connectivity index (χ1n) is 28.7. The lowest BCUT2D eigenvalue weighted by molar-refractivity contribution is 0.00512. The summed E-state index contributed by atoms with van der Waals surface area (Å²) in [6.07, 6.45) is 30.5. The third-order valence-electron chi connectivity index (χ3n) is 12.7. The van der Waals surface area contributed by atoms with E-state index >= 15 is 0 Å². The van der Waals surface area contributed by atoms with Gasteiger partial charge in [-0.05, 0) is 142 Å². The summed E-state index contributed by atoms with van der Waals surface area (Å²) in [5.41, 5.74) is 3.99. The average Bonchev–Trinajstić information content (AvgIpc) is 3.50. The highest BCUT2D eigenvalue weighted by Crippen LogP contribution is 2.28. The van der Waals surface area contributed by atoms with Crippen molar-refractivity contribution < 1.29 is 48.3 Å². The molecule has 0 unspecified atom stereocenters. The van der Waals surface area contributed by atoms with Gasteiger partial charge in [0.25, 0.3) is 0 Å². The van der Waals surface area contributed by atoms with Crippen molar-refractivity contribution in [2.45, 2.75) is 197 Å². The largest absolute Gasteiger partial charge is 0.492 e. The Morgan fingerprint density at radius 3 is 1.02 bits per heavy atom. The molecule has 0 bridgehead atoms. The molecule has 82 heavy (non-hydrogen) atoms. The van der Waals surface area contributed by atoms with Gasteiger partial charge in [-0.2, -0.15) is 0 Å². The molecule has 0 amide bonds. The van der Waals surface area contributed by atoms with Gasteiger partial charge in [0, 0.05) is 33.4 Å². The van der Waals surface area contributed by atoms with Crippen molar-refractivity contribution in [1.82, 2.24) is 0 Å². The molecule has 0 radical (unpaired) electrons. The van der Waals surface area contributed by atoms with Crippen LogP contribution in [-0.2, 0) is 9.47 Å². The van der Waals surface area contributed by atoms with Gasteiger partial charge in [-0.25, -0.2) is 19.2 Å². The predicted molar refractivity (Wildman–Crippen MR) is 329 cm³/mol. The molecule has 4 rings (SSSR count). The van der Waals surface area contributed by atoms with E-state index in [1.54, 1.807) is 79.7 Å². The van der Waals surface area contributed by atoms with Crippen LogP contribution >= 0.6 is 0 Å². The Morgan fingerprint density at radius 1 is 0.415 bits per heavy atom. The van der Waals surface area contributed by atoms with Crippen molar-refractivity contribution in [1.29, 1.82) is 0 Å². The van der Waals surface area contributed by atoms with E-state index < -0.39 is 35.1 Å². The van der Waals surface area contributed by atoms with E-state index in [4.69, 9.17) is 31.8 Å². The first kappa shape index (κ1) is 68.0. The standard InChI is InChI=1S/C40H50O5.C32H34O5/c1-11-14-15-16-17-18-19-20-24-43-36-28-30(13-3)29(4)25-33(36)23-22-32-27-34(37(41)44-39(5,6)7)31(21-12-2)26-35(32)38(42)45-40(8,9)10;1-5-8-9-10-11-12-13-14-18-37-30-22-24(7-3)23(4)19-27(30)17-16-26-21-28(31(33)34)25(15-6-2)20-29(26)32(35)36/h3,25-28H,11,14-20,24H2,1-2,4-10H3;3,19-22H,5,8-14,18H2,1-2,4H3,(H,33,34)(H,35,36). The highest BCUT2D eigenvalue weighted by Gasteiger charge is 2.26. The van der Waals surface area contributed by atoms with Gasteiger partial charge >= 0.3 is 23.9 Å². The number of rotatable bonds is 24. The van der Waals surface area contributed by atoms with Crippen LogP contribution in [0.3, 0.4) is 0 Å². The van der Waals surface area contributed by atoms with Crippen molar-refractivity contribution in [3.05, 3.63) is 126 Å². The molecule has 0 aliphatic heterocycles. The van der Waals surface area contributed by atoms with Crippen LogP contribution in [0.5, 0.6) is 11.5 Å². The van der Waals surface area contributed by atoms with Gasteiger partial charge in [-0.3, -0.25) is 0 Å². The highest BCUT2D eigenvalue weighted by atomic mass is 16.6. The van der Waals surface area contributed by atoms with Crippen molar-refractivity contribution in [2.75, 3.05) is 13.2 Å². The van der Waals surface area contributed by atoms with E-state index in [2.05, 4.69) is 73.1 Å². The Kier molecular flexibility index (Phi) is 28.8. The third kappa shape index (κ3) is 23.4. The maximum absolute atomic E-state index is 13.4. The smallest absolute Gasteiger partial charge is 0.339 e. The minimum absolute atomic E-state index is 0.0826. The fraction of sp³-hybridized carbons (Fsp3) is 0.444. The molecular weight excluding hydrogens is 1020 g/mol. The maximum atomic E-state index is 13.4. The third-order valence-corrected chi connectivity index (χ3v) is 12.7.